The van der Waals surface area contributed by atoms with E-state index in [1.807, 2.05) is 6.92 Å². The highest BCUT2D eigenvalue weighted by molar-refractivity contribution is 9.10. The number of carbonyl (C=O) groups is 1. The molecule has 0 radical (unpaired) electrons. The Morgan fingerprint density at radius 3 is 2.69 bits per heavy atom. The van der Waals surface area contributed by atoms with Gasteiger partial charge < -0.3 is 14.9 Å². The third-order valence-corrected chi connectivity index (χ3v) is 3.19. The SMILES string of the molecule is COc1cc(C)c(CCC(=O)O)c(Br)c1O. The van der Waals surface area contributed by atoms with Gasteiger partial charge in [-0.15, -0.1) is 0 Å². The number of rotatable bonds is 4. The van der Waals surface area contributed by atoms with Gasteiger partial charge in [0.25, 0.3) is 0 Å². The maximum atomic E-state index is 10.5. The Labute approximate surface area is 102 Å². The molecule has 0 aromatic heterocycles. The zero-order chi connectivity index (χ0) is 12.3. The third-order valence-electron chi connectivity index (χ3n) is 2.34. The van der Waals surface area contributed by atoms with E-state index in [1.165, 1.54) is 7.11 Å². The largest absolute Gasteiger partial charge is 0.503 e. The van der Waals surface area contributed by atoms with Crippen LogP contribution in [0.15, 0.2) is 10.5 Å². The number of hydrogen-bond acceptors (Lipinski definition) is 3. The molecule has 0 saturated carbocycles. The van der Waals surface area contributed by atoms with E-state index in [0.29, 0.717) is 16.6 Å². The van der Waals surface area contributed by atoms with E-state index in [-0.39, 0.29) is 12.2 Å². The fraction of sp³-hybridized carbons (Fsp3) is 0.364. The van der Waals surface area contributed by atoms with E-state index in [4.69, 9.17) is 9.84 Å². The summed E-state index contributed by atoms with van der Waals surface area (Å²) in [5.41, 5.74) is 1.68. The normalized spacial score (nSPS) is 10.2. The van der Waals surface area contributed by atoms with E-state index in [0.717, 1.165) is 11.1 Å². The highest BCUT2D eigenvalue weighted by atomic mass is 79.9. The van der Waals surface area contributed by atoms with E-state index >= 15 is 0 Å². The fourth-order valence-electron chi connectivity index (χ4n) is 1.47. The summed E-state index contributed by atoms with van der Waals surface area (Å²) in [7, 11) is 1.47. The zero-order valence-corrected chi connectivity index (χ0v) is 10.7. The van der Waals surface area contributed by atoms with E-state index in [9.17, 15) is 9.90 Å². The van der Waals surface area contributed by atoms with Crippen LogP contribution < -0.4 is 4.74 Å². The second-order valence-corrected chi connectivity index (χ2v) is 4.22. The van der Waals surface area contributed by atoms with Gasteiger partial charge in [-0.3, -0.25) is 4.79 Å². The van der Waals surface area contributed by atoms with Gasteiger partial charge in [0.1, 0.15) is 0 Å². The molecule has 0 fully saturated rings. The number of hydrogen-bond donors (Lipinski definition) is 2. The molecule has 1 rings (SSSR count). The lowest BCUT2D eigenvalue weighted by molar-refractivity contribution is -0.136. The van der Waals surface area contributed by atoms with E-state index in [2.05, 4.69) is 15.9 Å². The first-order valence-corrected chi connectivity index (χ1v) is 5.53. The minimum Gasteiger partial charge on any atom is -0.503 e. The van der Waals surface area contributed by atoms with Crippen molar-refractivity contribution in [1.29, 1.82) is 0 Å². The Balaban J connectivity index is 3.10. The number of aromatic hydroxyl groups is 1. The number of methoxy groups -OCH3 is 1. The quantitative estimate of drug-likeness (QED) is 0.893. The Bertz CT molecular complexity index is 415. The Hall–Kier alpha value is -1.23. The number of aliphatic carboxylic acids is 1. The second-order valence-electron chi connectivity index (χ2n) is 3.43. The predicted molar refractivity (Wildman–Crippen MR) is 63.1 cm³/mol. The van der Waals surface area contributed by atoms with Gasteiger partial charge in [0.05, 0.1) is 11.6 Å². The topological polar surface area (TPSA) is 66.8 Å². The summed E-state index contributed by atoms with van der Waals surface area (Å²) in [6, 6.07) is 1.69. The summed E-state index contributed by atoms with van der Waals surface area (Å²) < 4.78 is 5.50. The van der Waals surface area contributed by atoms with Gasteiger partial charge in [-0.2, -0.15) is 0 Å². The molecule has 1 aromatic carbocycles. The van der Waals surface area contributed by atoms with Crippen LogP contribution in [-0.4, -0.2) is 23.3 Å². The molecule has 16 heavy (non-hydrogen) atoms. The minimum atomic E-state index is -0.860. The van der Waals surface area contributed by atoms with Crippen LogP contribution in [0.2, 0.25) is 0 Å². The van der Waals surface area contributed by atoms with Crippen LogP contribution in [0, 0.1) is 6.92 Å². The molecule has 0 aliphatic heterocycles. The number of halogens is 1. The van der Waals surface area contributed by atoms with Crippen LogP contribution in [0.5, 0.6) is 11.5 Å². The maximum absolute atomic E-state index is 10.5. The molecule has 0 heterocycles. The summed E-state index contributed by atoms with van der Waals surface area (Å²) in [5.74, 6) is -0.474. The van der Waals surface area contributed by atoms with Gasteiger partial charge in [0.2, 0.25) is 0 Å². The van der Waals surface area contributed by atoms with Gasteiger partial charge in [0, 0.05) is 6.42 Å². The number of carboxylic acid groups (broad SMARTS) is 1. The summed E-state index contributed by atoms with van der Waals surface area (Å²) in [6.45, 7) is 1.85. The highest BCUT2D eigenvalue weighted by Crippen LogP contribution is 2.39. The van der Waals surface area contributed by atoms with Gasteiger partial charge >= 0.3 is 5.97 Å². The molecule has 0 aliphatic rings. The van der Waals surface area contributed by atoms with Crippen molar-refractivity contribution < 1.29 is 19.7 Å². The van der Waals surface area contributed by atoms with E-state index in [1.54, 1.807) is 6.07 Å². The summed E-state index contributed by atoms with van der Waals surface area (Å²) in [5, 5.41) is 18.4. The lowest BCUT2D eigenvalue weighted by atomic mass is 10.0. The minimum absolute atomic E-state index is 0.00786. The second kappa shape index (κ2) is 5.21. The molecule has 0 atom stereocenters. The lowest BCUT2D eigenvalue weighted by Gasteiger charge is -2.12. The molecule has 1 aromatic rings. The lowest BCUT2D eigenvalue weighted by Crippen LogP contribution is -2.01. The first kappa shape index (κ1) is 12.8. The molecule has 0 saturated heterocycles. The molecule has 0 spiro atoms. The molecular weight excluding hydrogens is 276 g/mol. The summed E-state index contributed by atoms with van der Waals surface area (Å²) in [6.07, 6.45) is 0.407. The molecule has 0 amide bonds. The molecule has 0 aliphatic carbocycles. The van der Waals surface area contributed by atoms with Crippen molar-refractivity contribution in [3.05, 3.63) is 21.7 Å². The predicted octanol–water partition coefficient (Wildman–Crippen LogP) is 2.49. The molecule has 88 valence electrons. The molecule has 4 nitrogen and oxygen atoms in total. The van der Waals surface area contributed by atoms with Crippen molar-refractivity contribution in [3.8, 4) is 11.5 Å². The molecule has 0 bridgehead atoms. The molecule has 2 N–H and O–H groups in total. The standard InChI is InChI=1S/C11H13BrO4/c1-6-5-8(16-2)11(15)10(12)7(6)3-4-9(13)14/h5,15H,3-4H2,1-2H3,(H,13,14). The van der Waals surface area contributed by atoms with Crippen LogP contribution in [0.1, 0.15) is 17.5 Å². The first-order valence-electron chi connectivity index (χ1n) is 4.74. The third kappa shape index (κ3) is 2.66. The Morgan fingerprint density at radius 1 is 1.56 bits per heavy atom. The van der Waals surface area contributed by atoms with Crippen LogP contribution in [0.4, 0.5) is 0 Å². The van der Waals surface area contributed by atoms with E-state index < -0.39 is 5.97 Å². The average Bonchev–Trinajstić information content (AvgIpc) is 2.22. The fourth-order valence-corrected chi connectivity index (χ4v) is 2.18. The Morgan fingerprint density at radius 2 is 2.19 bits per heavy atom. The van der Waals surface area contributed by atoms with Crippen LogP contribution in [0.3, 0.4) is 0 Å². The van der Waals surface area contributed by atoms with Crippen molar-refractivity contribution in [3.63, 3.8) is 0 Å². The number of aryl methyl sites for hydroxylation is 1. The summed E-state index contributed by atoms with van der Waals surface area (Å²) in [4.78, 5) is 10.5. The average molecular weight is 289 g/mol. The van der Waals surface area contributed by atoms with Gasteiger partial charge in [-0.25, -0.2) is 0 Å². The maximum Gasteiger partial charge on any atom is 0.303 e. The zero-order valence-electron chi connectivity index (χ0n) is 9.08. The van der Waals surface area contributed by atoms with Crippen molar-refractivity contribution >= 4 is 21.9 Å². The first-order chi connectivity index (χ1) is 7.47. The van der Waals surface area contributed by atoms with Crippen molar-refractivity contribution in [2.75, 3.05) is 7.11 Å². The summed E-state index contributed by atoms with van der Waals surface area (Å²) >= 11 is 3.25. The number of phenols is 1. The van der Waals surface area contributed by atoms with Gasteiger partial charge in [-0.05, 0) is 46.5 Å². The number of carboxylic acids is 1. The van der Waals surface area contributed by atoms with Crippen molar-refractivity contribution in [2.24, 2.45) is 0 Å². The highest BCUT2D eigenvalue weighted by Gasteiger charge is 2.14. The van der Waals surface area contributed by atoms with Crippen molar-refractivity contribution in [2.45, 2.75) is 19.8 Å². The van der Waals surface area contributed by atoms with Crippen LogP contribution in [-0.2, 0) is 11.2 Å². The van der Waals surface area contributed by atoms with Gasteiger partial charge in [0.15, 0.2) is 11.5 Å². The van der Waals surface area contributed by atoms with Crippen LogP contribution >= 0.6 is 15.9 Å². The molecule has 5 heteroatoms. The van der Waals surface area contributed by atoms with Gasteiger partial charge in [-0.1, -0.05) is 0 Å². The monoisotopic (exact) mass is 288 g/mol. The smallest absolute Gasteiger partial charge is 0.303 e. The van der Waals surface area contributed by atoms with Crippen LogP contribution in [0.25, 0.3) is 0 Å². The molecular formula is C11H13BrO4. The molecule has 0 unspecified atom stereocenters. The van der Waals surface area contributed by atoms with Crippen molar-refractivity contribution in [1.82, 2.24) is 0 Å². The number of phenolic OH excluding ortho intramolecular Hbond substituents is 1. The Kier molecular flexibility index (Phi) is 4.18. The number of ether oxygens (including phenoxy) is 1. The number of benzene rings is 1.